The van der Waals surface area contributed by atoms with Crippen LogP contribution in [0.4, 0.5) is 11.4 Å². The summed E-state index contributed by atoms with van der Waals surface area (Å²) in [5.74, 6) is 0.568. The van der Waals surface area contributed by atoms with E-state index in [1.54, 1.807) is 18.5 Å². The topological polar surface area (TPSA) is 70.8 Å². The zero-order valence-corrected chi connectivity index (χ0v) is 19.9. The number of ether oxygens (including phenoxy) is 1. The molecule has 4 rings (SSSR count). The van der Waals surface area contributed by atoms with E-state index in [0.29, 0.717) is 28.6 Å². The Hall–Kier alpha value is -3.62. The lowest BCUT2D eigenvalue weighted by molar-refractivity contribution is 0.301. The number of hydrogen-bond acceptors (Lipinski definition) is 5. The lowest BCUT2D eigenvalue weighted by Gasteiger charge is -2.23. The van der Waals surface area contributed by atoms with Crippen molar-refractivity contribution in [1.29, 1.82) is 5.26 Å². The molecule has 0 aliphatic carbocycles. The first-order chi connectivity index (χ1) is 15.8. The van der Waals surface area contributed by atoms with E-state index in [9.17, 15) is 5.26 Å². The van der Waals surface area contributed by atoms with Gasteiger partial charge in [-0.2, -0.15) is 5.26 Å². The number of hydrogen-bond donors (Lipinski definition) is 1. The molecule has 0 radical (unpaired) electrons. The van der Waals surface area contributed by atoms with Gasteiger partial charge in [-0.3, -0.25) is 9.97 Å². The molecule has 0 bridgehead atoms. The minimum atomic E-state index is -0.0336. The molecular weight excluding hydrogens is 432 g/mol. The summed E-state index contributed by atoms with van der Waals surface area (Å²) in [5.41, 5.74) is 5.96. The number of aromatic nitrogens is 2. The van der Waals surface area contributed by atoms with Crippen molar-refractivity contribution in [3.8, 4) is 11.8 Å². The number of aryl methyl sites for hydroxylation is 1. The van der Waals surface area contributed by atoms with Gasteiger partial charge in [0.2, 0.25) is 0 Å². The highest BCUT2D eigenvalue weighted by Crippen LogP contribution is 2.36. The van der Waals surface area contributed by atoms with Crippen LogP contribution in [0.5, 0.6) is 5.75 Å². The number of nitrogens with zero attached hydrogens (tertiary/aromatic N) is 3. The maximum absolute atomic E-state index is 9.73. The molecule has 0 aliphatic heterocycles. The Morgan fingerprint density at radius 1 is 1.09 bits per heavy atom. The van der Waals surface area contributed by atoms with Crippen LogP contribution in [0, 0.1) is 18.3 Å². The molecule has 0 saturated heterocycles. The predicted molar refractivity (Wildman–Crippen MR) is 133 cm³/mol. The van der Waals surface area contributed by atoms with Crippen LogP contribution < -0.4 is 10.1 Å². The van der Waals surface area contributed by atoms with Crippen LogP contribution in [-0.2, 0) is 12.0 Å². The van der Waals surface area contributed by atoms with E-state index in [-0.39, 0.29) is 5.41 Å². The van der Waals surface area contributed by atoms with Crippen LogP contribution >= 0.6 is 11.6 Å². The van der Waals surface area contributed by atoms with Crippen molar-refractivity contribution in [2.24, 2.45) is 0 Å². The van der Waals surface area contributed by atoms with E-state index in [1.165, 1.54) is 11.1 Å². The van der Waals surface area contributed by atoms with Gasteiger partial charge in [-0.25, -0.2) is 0 Å². The Bertz CT molecular complexity index is 1350. The van der Waals surface area contributed by atoms with Gasteiger partial charge < -0.3 is 10.1 Å². The third-order valence-corrected chi connectivity index (χ3v) is 5.74. The van der Waals surface area contributed by atoms with Gasteiger partial charge in [-0.1, -0.05) is 38.4 Å². The molecular formula is C27H25ClN4O. The molecule has 0 atom stereocenters. The molecule has 166 valence electrons. The smallest absolute Gasteiger partial charge is 0.138 e. The number of pyridine rings is 2. The van der Waals surface area contributed by atoms with Crippen molar-refractivity contribution in [1.82, 2.24) is 9.97 Å². The van der Waals surface area contributed by atoms with Crippen LogP contribution in [-0.4, -0.2) is 9.97 Å². The maximum atomic E-state index is 9.73. The Morgan fingerprint density at radius 3 is 2.58 bits per heavy atom. The minimum absolute atomic E-state index is 0.0336. The molecule has 0 amide bonds. The Balaban J connectivity index is 1.68. The maximum Gasteiger partial charge on any atom is 0.138 e. The lowest BCUT2D eigenvalue weighted by Crippen LogP contribution is -2.13. The highest BCUT2D eigenvalue weighted by molar-refractivity contribution is 6.32. The average molecular weight is 457 g/mol. The first-order valence-corrected chi connectivity index (χ1v) is 11.1. The molecule has 5 nitrogen and oxygen atoms in total. The highest BCUT2D eigenvalue weighted by Gasteiger charge is 2.19. The van der Waals surface area contributed by atoms with Crippen molar-refractivity contribution in [2.45, 2.75) is 39.7 Å². The summed E-state index contributed by atoms with van der Waals surface area (Å²) >= 11 is 6.50. The standard InChI is InChI=1S/C27H25ClN4O/c1-17-11-24-21(13-22(17)27(2,3)4)26(18(14-29)15-31-24)32-19-8-9-25(23(28)12-19)33-16-20-7-5-6-10-30-20/h5-13,15H,16H2,1-4H3,(H,31,32). The number of anilines is 2. The third kappa shape index (κ3) is 4.92. The Kier molecular flexibility index (Phi) is 6.22. The SMILES string of the molecule is Cc1cc2ncc(C#N)c(Nc3ccc(OCc4ccccn4)c(Cl)c3)c2cc1C(C)(C)C. The molecule has 0 aliphatic rings. The van der Waals surface area contributed by atoms with Crippen molar-refractivity contribution in [3.05, 3.63) is 88.3 Å². The summed E-state index contributed by atoms with van der Waals surface area (Å²) < 4.78 is 5.82. The molecule has 4 aromatic rings. The second kappa shape index (κ2) is 9.09. The van der Waals surface area contributed by atoms with E-state index >= 15 is 0 Å². The van der Waals surface area contributed by atoms with Crippen LogP contribution in [0.1, 0.15) is 43.2 Å². The normalized spacial score (nSPS) is 11.3. The molecule has 2 aromatic carbocycles. The van der Waals surface area contributed by atoms with E-state index in [4.69, 9.17) is 16.3 Å². The summed E-state index contributed by atoms with van der Waals surface area (Å²) in [6, 6.07) is 17.6. The van der Waals surface area contributed by atoms with Crippen molar-refractivity contribution in [3.63, 3.8) is 0 Å². The summed E-state index contributed by atoms with van der Waals surface area (Å²) in [6.07, 6.45) is 3.33. The summed E-state index contributed by atoms with van der Waals surface area (Å²) in [4.78, 5) is 8.77. The first kappa shape index (κ1) is 22.6. The lowest BCUT2D eigenvalue weighted by atomic mass is 9.83. The van der Waals surface area contributed by atoms with Gasteiger partial charge in [-0.15, -0.1) is 0 Å². The van der Waals surface area contributed by atoms with Crippen LogP contribution in [0.3, 0.4) is 0 Å². The Labute approximate surface area is 199 Å². The van der Waals surface area contributed by atoms with Gasteiger partial charge in [0.05, 0.1) is 27.5 Å². The first-order valence-electron chi connectivity index (χ1n) is 10.7. The quantitative estimate of drug-likeness (QED) is 0.347. The zero-order valence-electron chi connectivity index (χ0n) is 19.1. The molecule has 0 spiro atoms. The van der Waals surface area contributed by atoms with Gasteiger partial charge in [-0.05, 0) is 65.9 Å². The number of benzene rings is 2. The number of halogens is 1. The van der Waals surface area contributed by atoms with E-state index in [0.717, 1.165) is 22.3 Å². The van der Waals surface area contributed by atoms with E-state index in [2.05, 4.69) is 61.2 Å². The van der Waals surface area contributed by atoms with Gasteiger partial charge >= 0.3 is 0 Å². The molecule has 0 fully saturated rings. The fourth-order valence-electron chi connectivity index (χ4n) is 3.85. The van der Waals surface area contributed by atoms with E-state index in [1.807, 2.05) is 30.3 Å². The van der Waals surface area contributed by atoms with Crippen molar-refractivity contribution in [2.75, 3.05) is 5.32 Å². The number of rotatable bonds is 5. The van der Waals surface area contributed by atoms with Gasteiger partial charge in [0.1, 0.15) is 18.4 Å². The van der Waals surface area contributed by atoms with Crippen LogP contribution in [0.2, 0.25) is 5.02 Å². The minimum Gasteiger partial charge on any atom is -0.486 e. The van der Waals surface area contributed by atoms with Crippen molar-refractivity contribution < 1.29 is 4.74 Å². The average Bonchev–Trinajstić information content (AvgIpc) is 2.78. The number of nitriles is 1. The summed E-state index contributed by atoms with van der Waals surface area (Å²) in [6.45, 7) is 8.96. The molecule has 2 aromatic heterocycles. The molecule has 0 saturated carbocycles. The molecule has 0 unspecified atom stereocenters. The van der Waals surface area contributed by atoms with Gasteiger partial charge in [0.25, 0.3) is 0 Å². The molecule has 6 heteroatoms. The fourth-order valence-corrected chi connectivity index (χ4v) is 4.08. The second-order valence-electron chi connectivity index (χ2n) is 8.97. The van der Waals surface area contributed by atoms with Gasteiger partial charge in [0, 0.05) is 23.5 Å². The Morgan fingerprint density at radius 2 is 1.91 bits per heavy atom. The zero-order chi connectivity index (χ0) is 23.6. The third-order valence-electron chi connectivity index (χ3n) is 5.45. The highest BCUT2D eigenvalue weighted by atomic mass is 35.5. The van der Waals surface area contributed by atoms with Crippen LogP contribution in [0.15, 0.2) is 60.9 Å². The number of fused-ring (bicyclic) bond motifs is 1. The predicted octanol–water partition coefficient (Wildman–Crippen LogP) is 7.08. The monoisotopic (exact) mass is 456 g/mol. The van der Waals surface area contributed by atoms with Crippen molar-refractivity contribution >= 4 is 33.9 Å². The molecule has 2 heterocycles. The summed E-state index contributed by atoms with van der Waals surface area (Å²) in [5, 5.41) is 14.5. The van der Waals surface area contributed by atoms with Gasteiger partial charge in [0.15, 0.2) is 0 Å². The number of nitrogens with one attached hydrogen (secondary N) is 1. The second-order valence-corrected chi connectivity index (χ2v) is 9.38. The molecule has 33 heavy (non-hydrogen) atoms. The fraction of sp³-hybridized carbons (Fsp3) is 0.222. The largest absolute Gasteiger partial charge is 0.486 e. The molecule has 1 N–H and O–H groups in total. The van der Waals surface area contributed by atoms with E-state index < -0.39 is 0 Å². The summed E-state index contributed by atoms with van der Waals surface area (Å²) in [7, 11) is 0. The van der Waals surface area contributed by atoms with Crippen LogP contribution in [0.25, 0.3) is 10.9 Å².